The number of nitrogens with one attached hydrogen (secondary N) is 1. The highest BCUT2D eigenvalue weighted by Gasteiger charge is 2.25. The van der Waals surface area contributed by atoms with Crippen molar-refractivity contribution in [2.75, 3.05) is 16.9 Å². The summed E-state index contributed by atoms with van der Waals surface area (Å²) < 4.78 is 103. The van der Waals surface area contributed by atoms with Crippen molar-refractivity contribution in [3.8, 4) is 5.75 Å². The molecule has 0 radical (unpaired) electrons. The number of fused-ring (bicyclic) bond motifs is 1. The predicted molar refractivity (Wildman–Crippen MR) is 136 cm³/mol. The lowest BCUT2D eigenvalue weighted by Crippen LogP contribution is -2.13. The van der Waals surface area contributed by atoms with E-state index in [1.165, 1.54) is 18.2 Å². The van der Waals surface area contributed by atoms with E-state index in [4.69, 9.17) is 15.5 Å². The van der Waals surface area contributed by atoms with Crippen LogP contribution in [0, 0.1) is 0 Å². The van der Waals surface area contributed by atoms with Gasteiger partial charge in [-0.2, -0.15) is 25.3 Å². The Kier molecular flexibility index (Phi) is 9.01. The Morgan fingerprint density at radius 3 is 2.18 bits per heavy atom. The van der Waals surface area contributed by atoms with E-state index in [9.17, 15) is 39.5 Å². The van der Waals surface area contributed by atoms with Crippen LogP contribution in [0.4, 0.5) is 22.7 Å². The first-order chi connectivity index (χ1) is 18.0. The van der Waals surface area contributed by atoms with Gasteiger partial charge in [-0.1, -0.05) is 11.1 Å². The van der Waals surface area contributed by atoms with Gasteiger partial charge in [0.15, 0.2) is 0 Å². The summed E-state index contributed by atoms with van der Waals surface area (Å²) in [5.74, 6) is -2.42. The van der Waals surface area contributed by atoms with E-state index >= 15 is 0 Å². The molecule has 3 rings (SSSR count). The van der Waals surface area contributed by atoms with Crippen molar-refractivity contribution < 1.29 is 58.6 Å². The van der Waals surface area contributed by atoms with Crippen molar-refractivity contribution in [1.29, 1.82) is 0 Å². The first-order valence-corrected chi connectivity index (χ1v) is 15.3. The lowest BCUT2D eigenvalue weighted by Gasteiger charge is -2.16. The topological polar surface area (TPSA) is 285 Å². The van der Waals surface area contributed by atoms with Gasteiger partial charge < -0.3 is 16.2 Å². The van der Waals surface area contributed by atoms with E-state index in [1.54, 1.807) is 0 Å². The number of nitrogens with two attached hydrogens (primary N) is 1. The molecule has 0 amide bonds. The van der Waals surface area contributed by atoms with Gasteiger partial charge in [0, 0.05) is 23.3 Å². The van der Waals surface area contributed by atoms with Gasteiger partial charge in [0.25, 0.3) is 30.4 Å². The fraction of sp³-hybridized carbons (Fsp3) is 0.111. The van der Waals surface area contributed by atoms with Crippen LogP contribution in [0.25, 0.3) is 10.8 Å². The molecule has 0 saturated heterocycles. The highest BCUT2D eigenvalue weighted by Crippen LogP contribution is 2.45. The second-order valence-electron chi connectivity index (χ2n) is 7.45. The SMILES string of the molecule is Nc1ccc(N=Nc2c(NCS(=O)(=O)O)ccc3cc(S(=O)(=O)O)c(CSOOO)c(O)c23)c(S(=O)(=O)O)c1. The molecule has 0 saturated carbocycles. The van der Waals surface area contributed by atoms with E-state index in [0.717, 1.165) is 18.2 Å². The first kappa shape index (κ1) is 30.4. The third-order valence-electron chi connectivity index (χ3n) is 4.84. The first-order valence-electron chi connectivity index (χ1n) is 9.89. The van der Waals surface area contributed by atoms with Gasteiger partial charge in [-0.05, 0) is 35.7 Å². The highest BCUT2D eigenvalue weighted by atomic mass is 32.2. The van der Waals surface area contributed by atoms with Gasteiger partial charge in [-0.25, -0.2) is 5.26 Å². The Balaban J connectivity index is 2.36. The molecular weight excluding hydrogens is 608 g/mol. The summed E-state index contributed by atoms with van der Waals surface area (Å²) in [5.41, 5.74) is 4.03. The maximum absolute atomic E-state index is 12.0. The van der Waals surface area contributed by atoms with Gasteiger partial charge in [-0.15, -0.1) is 14.6 Å². The van der Waals surface area contributed by atoms with Gasteiger partial charge in [-0.3, -0.25) is 13.7 Å². The van der Waals surface area contributed by atoms with Crippen LogP contribution in [-0.2, 0) is 45.5 Å². The minimum Gasteiger partial charge on any atom is -0.507 e. The number of hydrogen-bond donors (Lipinski definition) is 7. The van der Waals surface area contributed by atoms with Crippen LogP contribution in [0.1, 0.15) is 5.56 Å². The standard InChI is InChI=1S/C18H18N4O13S4/c19-10-2-4-12(15(6-10)39(31,32)33)21-22-17-13(20-8-37(25,26)27)3-1-9-5-14(38(28,29)30)11(7-36-35-34-24)18(23)16(9)17/h1-6,20,23-24H,7-8,19H2,(H,25,26,27)(H,28,29,30)(H,31,32,33). The second kappa shape index (κ2) is 11.5. The normalized spacial score (nSPS) is 12.8. The third-order valence-corrected chi connectivity index (χ3v) is 7.72. The Morgan fingerprint density at radius 2 is 1.59 bits per heavy atom. The quantitative estimate of drug-likeness (QED) is 0.0306. The van der Waals surface area contributed by atoms with Crippen molar-refractivity contribution in [2.24, 2.45) is 10.2 Å². The van der Waals surface area contributed by atoms with Crippen LogP contribution in [0.2, 0.25) is 0 Å². The van der Waals surface area contributed by atoms with E-state index in [0.29, 0.717) is 12.0 Å². The van der Waals surface area contributed by atoms with Crippen molar-refractivity contribution in [2.45, 2.75) is 15.5 Å². The molecule has 0 aliphatic carbocycles. The van der Waals surface area contributed by atoms with Crippen molar-refractivity contribution in [3.63, 3.8) is 0 Å². The molecule has 0 aliphatic rings. The van der Waals surface area contributed by atoms with Gasteiger partial charge >= 0.3 is 0 Å². The molecular formula is C18H18N4O13S4. The number of rotatable bonds is 11. The third kappa shape index (κ3) is 7.51. The maximum Gasteiger partial charge on any atom is 0.296 e. The Bertz CT molecular complexity index is 1780. The van der Waals surface area contributed by atoms with Crippen LogP contribution in [0.5, 0.6) is 5.75 Å². The number of aromatic hydroxyl groups is 1. The van der Waals surface area contributed by atoms with Crippen LogP contribution in [-0.4, -0.2) is 55.2 Å². The zero-order chi connectivity index (χ0) is 29.2. The number of phenols is 1. The van der Waals surface area contributed by atoms with E-state index in [1.807, 2.05) is 0 Å². The molecule has 21 heteroatoms. The average Bonchev–Trinajstić information content (AvgIpc) is 2.81. The number of benzene rings is 3. The monoisotopic (exact) mass is 626 g/mol. The summed E-state index contributed by atoms with van der Waals surface area (Å²) in [5, 5.41) is 32.5. The van der Waals surface area contributed by atoms with Crippen molar-refractivity contribution in [3.05, 3.63) is 42.0 Å². The number of hydrogen-bond acceptors (Lipinski definition) is 15. The molecule has 212 valence electrons. The van der Waals surface area contributed by atoms with Crippen molar-refractivity contribution in [1.82, 2.24) is 0 Å². The molecule has 0 heterocycles. The lowest BCUT2D eigenvalue weighted by molar-refractivity contribution is -0.432. The maximum atomic E-state index is 12.0. The summed E-state index contributed by atoms with van der Waals surface area (Å²) in [6, 6.07) is 6.50. The molecule has 3 aromatic rings. The fourth-order valence-corrected chi connectivity index (χ4v) is 5.63. The number of nitrogens with zero attached hydrogens (tertiary/aromatic N) is 2. The molecule has 39 heavy (non-hydrogen) atoms. The van der Waals surface area contributed by atoms with E-state index in [2.05, 4.69) is 24.9 Å². The number of phenolic OH excluding ortho intramolecular Hbond substituents is 1. The number of azo groups is 1. The molecule has 0 fully saturated rings. The number of nitrogen functional groups attached to an aromatic ring is 1. The summed E-state index contributed by atoms with van der Waals surface area (Å²) in [6.45, 7) is 0. The highest BCUT2D eigenvalue weighted by molar-refractivity contribution is 7.93. The molecule has 0 aromatic heterocycles. The largest absolute Gasteiger partial charge is 0.507 e. The Hall–Kier alpha value is -3.12. The summed E-state index contributed by atoms with van der Waals surface area (Å²) in [7, 11) is -14.4. The molecule has 0 aliphatic heterocycles. The van der Waals surface area contributed by atoms with Gasteiger partial charge in [0.1, 0.15) is 32.8 Å². The predicted octanol–water partition coefficient (Wildman–Crippen LogP) is 2.86. The zero-order valence-electron chi connectivity index (χ0n) is 19.0. The molecule has 0 spiro atoms. The minimum absolute atomic E-state index is 0.0474. The lowest BCUT2D eigenvalue weighted by atomic mass is 10.0. The summed E-state index contributed by atoms with van der Waals surface area (Å²) in [6.07, 6.45) is 0. The zero-order valence-corrected chi connectivity index (χ0v) is 22.3. The summed E-state index contributed by atoms with van der Waals surface area (Å²) in [4.78, 5) is -1.51. The molecule has 8 N–H and O–H groups in total. The molecule has 0 bridgehead atoms. The summed E-state index contributed by atoms with van der Waals surface area (Å²) >= 11 is 0.303. The Morgan fingerprint density at radius 1 is 0.923 bits per heavy atom. The van der Waals surface area contributed by atoms with Crippen LogP contribution < -0.4 is 11.1 Å². The van der Waals surface area contributed by atoms with Crippen LogP contribution >= 0.6 is 12.0 Å². The molecule has 3 aromatic carbocycles. The fourth-order valence-electron chi connectivity index (χ4n) is 3.29. The van der Waals surface area contributed by atoms with Crippen LogP contribution in [0.3, 0.4) is 0 Å². The van der Waals surface area contributed by atoms with Gasteiger partial charge in [0.05, 0.1) is 16.8 Å². The molecule has 17 nitrogen and oxygen atoms in total. The molecule has 0 atom stereocenters. The minimum atomic E-state index is -4.94. The second-order valence-corrected chi connectivity index (χ2v) is 12.3. The van der Waals surface area contributed by atoms with E-state index < -0.39 is 68.8 Å². The molecule has 0 unspecified atom stereocenters. The van der Waals surface area contributed by atoms with Crippen LogP contribution in [0.15, 0.2) is 56.4 Å². The van der Waals surface area contributed by atoms with Gasteiger partial charge in [0.2, 0.25) is 0 Å². The smallest absolute Gasteiger partial charge is 0.296 e. The number of anilines is 2. The Labute approximate surface area is 224 Å². The van der Waals surface area contributed by atoms with Crippen molar-refractivity contribution >= 4 is 75.9 Å². The average molecular weight is 627 g/mol. The van der Waals surface area contributed by atoms with E-state index in [-0.39, 0.29) is 27.8 Å².